The third-order valence-electron chi connectivity index (χ3n) is 3.10. The minimum Gasteiger partial charge on any atom is -0.168 e. The van der Waals surface area contributed by atoms with Crippen molar-refractivity contribution in [1.82, 2.24) is 0 Å². The van der Waals surface area contributed by atoms with E-state index in [1.807, 2.05) is 0 Å². The third-order valence-corrected chi connectivity index (χ3v) is 3.10. The third kappa shape index (κ3) is 5.55. The monoisotopic (exact) mass is 364 g/mol. The predicted octanol–water partition coefficient (Wildman–Crippen LogP) is 5.93. The van der Waals surface area contributed by atoms with Gasteiger partial charge in [-0.3, -0.25) is 0 Å². The average Bonchev–Trinajstić information content (AvgIpc) is 3.18. The smallest absolute Gasteiger partial charge is 0.0809 e. The normalized spacial score (nSPS) is 8.64. The van der Waals surface area contributed by atoms with Crippen LogP contribution in [-0.4, -0.2) is 4.82 Å². The van der Waals surface area contributed by atoms with E-state index in [2.05, 4.69) is 89.7 Å². The van der Waals surface area contributed by atoms with Gasteiger partial charge in [0, 0.05) is 0 Å². The standard InChI is InChI=1S/2C9H7.CH2.2ClH.Ti/c2*1-2-5-9-7-3-6-8(9)4-1;;;;/h2*1-7H;1H2;2*1H;/q2*-1;;;;+2. The van der Waals surface area contributed by atoms with Crippen molar-refractivity contribution in [3.63, 3.8) is 0 Å². The molecular formula is C19H18Cl2Ti. The van der Waals surface area contributed by atoms with Crippen LogP contribution >= 0.6 is 24.8 Å². The summed E-state index contributed by atoms with van der Waals surface area (Å²) in [6.45, 7) is 0. The molecule has 0 fully saturated rings. The summed E-state index contributed by atoms with van der Waals surface area (Å²) >= 11 is 1.75. The van der Waals surface area contributed by atoms with Gasteiger partial charge in [0.1, 0.15) is 0 Å². The number of hydrogen-bond acceptors (Lipinski definition) is 0. The van der Waals surface area contributed by atoms with Crippen molar-refractivity contribution >= 4 is 51.2 Å². The molecule has 4 aromatic carbocycles. The summed E-state index contributed by atoms with van der Waals surface area (Å²) in [6, 6.07) is 29.3. The van der Waals surface area contributed by atoms with Crippen LogP contribution in [0.3, 0.4) is 0 Å². The Hall–Kier alpha value is -1.18. The first kappa shape index (κ1) is 20.8. The molecule has 0 saturated carbocycles. The Morgan fingerprint density at radius 2 is 0.955 bits per heavy atom. The Bertz CT molecular complexity index is 644. The Labute approximate surface area is 155 Å². The van der Waals surface area contributed by atoms with Crippen molar-refractivity contribution in [3.8, 4) is 0 Å². The van der Waals surface area contributed by atoms with Gasteiger partial charge in [-0.25, -0.2) is 0 Å². The number of halogens is 2. The van der Waals surface area contributed by atoms with Crippen LogP contribution < -0.4 is 0 Å². The van der Waals surface area contributed by atoms with Gasteiger partial charge in [0.2, 0.25) is 0 Å². The van der Waals surface area contributed by atoms with Crippen LogP contribution in [0, 0.1) is 0 Å². The molecule has 0 nitrogen and oxygen atoms in total. The molecule has 0 aliphatic carbocycles. The Morgan fingerprint density at radius 1 is 0.591 bits per heavy atom. The fourth-order valence-corrected chi connectivity index (χ4v) is 2.14. The molecule has 0 radical (unpaired) electrons. The van der Waals surface area contributed by atoms with Crippen LogP contribution in [0.25, 0.3) is 21.5 Å². The molecule has 0 bridgehead atoms. The van der Waals surface area contributed by atoms with E-state index < -0.39 is 0 Å². The van der Waals surface area contributed by atoms with Crippen LogP contribution in [0.1, 0.15) is 0 Å². The zero-order chi connectivity index (χ0) is 14.2. The zero-order valence-electron chi connectivity index (χ0n) is 12.1. The van der Waals surface area contributed by atoms with E-state index in [4.69, 9.17) is 0 Å². The van der Waals surface area contributed by atoms with Crippen LogP contribution in [0.4, 0.5) is 0 Å². The van der Waals surface area contributed by atoms with Crippen LogP contribution in [0.2, 0.25) is 0 Å². The quantitative estimate of drug-likeness (QED) is 0.268. The van der Waals surface area contributed by atoms with Gasteiger partial charge in [0.25, 0.3) is 0 Å². The molecule has 0 unspecified atom stereocenters. The van der Waals surface area contributed by atoms with E-state index >= 15 is 0 Å². The van der Waals surface area contributed by atoms with Crippen LogP contribution in [-0.2, 0) is 20.0 Å². The van der Waals surface area contributed by atoms with E-state index in [9.17, 15) is 0 Å². The molecule has 0 N–H and O–H groups in total. The maximum absolute atomic E-state index is 3.25. The largest absolute Gasteiger partial charge is 0.168 e. The van der Waals surface area contributed by atoms with Crippen molar-refractivity contribution in [3.05, 3.63) is 84.9 Å². The number of fused-ring (bicyclic) bond motifs is 2. The Morgan fingerprint density at radius 3 is 1.32 bits per heavy atom. The van der Waals surface area contributed by atoms with E-state index in [1.165, 1.54) is 21.5 Å². The molecule has 0 amide bonds. The minimum absolute atomic E-state index is 0. The summed E-state index contributed by atoms with van der Waals surface area (Å²) in [5.41, 5.74) is 0. The average molecular weight is 365 g/mol. The van der Waals surface area contributed by atoms with Crippen molar-refractivity contribution in [2.24, 2.45) is 0 Å². The Kier molecular flexibility index (Phi) is 10.8. The second-order valence-electron chi connectivity index (χ2n) is 4.31. The van der Waals surface area contributed by atoms with Crippen molar-refractivity contribution < 1.29 is 20.0 Å². The summed E-state index contributed by atoms with van der Waals surface area (Å²) in [7, 11) is 0. The predicted molar refractivity (Wildman–Crippen MR) is 101 cm³/mol. The summed E-state index contributed by atoms with van der Waals surface area (Å²) in [4.78, 5) is 3.25. The topological polar surface area (TPSA) is 0 Å². The molecule has 4 aromatic rings. The molecule has 0 aromatic heterocycles. The number of hydrogen-bond donors (Lipinski definition) is 0. The van der Waals surface area contributed by atoms with Crippen molar-refractivity contribution in [1.29, 1.82) is 0 Å². The van der Waals surface area contributed by atoms with E-state index in [0.717, 1.165) is 0 Å². The fourth-order valence-electron chi connectivity index (χ4n) is 2.14. The second-order valence-corrected chi connectivity index (χ2v) is 4.31. The molecule has 0 aliphatic heterocycles. The first-order valence-corrected chi connectivity index (χ1v) is 7.60. The summed E-state index contributed by atoms with van der Waals surface area (Å²) < 4.78 is 0. The molecule has 22 heavy (non-hydrogen) atoms. The van der Waals surface area contributed by atoms with Crippen molar-refractivity contribution in [2.45, 2.75) is 0 Å². The van der Waals surface area contributed by atoms with Gasteiger partial charge in [0.05, 0.1) is 0 Å². The second kappa shape index (κ2) is 11.4. The number of benzene rings is 2. The van der Waals surface area contributed by atoms with Gasteiger partial charge >= 0.3 is 24.8 Å². The van der Waals surface area contributed by atoms with Crippen LogP contribution in [0.5, 0.6) is 0 Å². The summed E-state index contributed by atoms with van der Waals surface area (Å²) in [5, 5.41) is 5.32. The first-order chi connectivity index (χ1) is 9.93. The Balaban J connectivity index is 0.000000334. The minimum atomic E-state index is 0. The van der Waals surface area contributed by atoms with Crippen molar-refractivity contribution in [2.75, 3.05) is 0 Å². The molecule has 0 atom stereocenters. The maximum Gasteiger partial charge on any atom is -0.0809 e. The van der Waals surface area contributed by atoms with E-state index in [-0.39, 0.29) is 24.8 Å². The summed E-state index contributed by atoms with van der Waals surface area (Å²) in [5.74, 6) is 0. The van der Waals surface area contributed by atoms with E-state index in [1.54, 1.807) is 20.0 Å². The molecule has 0 saturated heterocycles. The fraction of sp³-hybridized carbons (Fsp3) is 0. The number of rotatable bonds is 0. The van der Waals surface area contributed by atoms with E-state index in [0.29, 0.717) is 0 Å². The molecular weight excluding hydrogens is 347 g/mol. The van der Waals surface area contributed by atoms with Gasteiger partial charge in [-0.15, -0.1) is 84.1 Å². The maximum atomic E-state index is 3.25. The molecule has 4 rings (SSSR count). The van der Waals surface area contributed by atoms with Gasteiger partial charge < -0.3 is 0 Å². The summed E-state index contributed by atoms with van der Waals surface area (Å²) in [6.07, 6.45) is 0. The molecule has 112 valence electrons. The van der Waals surface area contributed by atoms with Gasteiger partial charge in [-0.2, -0.15) is 35.0 Å². The molecule has 0 aliphatic rings. The molecule has 3 heteroatoms. The SMILES string of the molecule is Cl.Cl.[CH2]=[Ti+2].c1ccc2[cH-]ccc2c1.c1ccc2[cH-]ccc2c1. The van der Waals surface area contributed by atoms with Gasteiger partial charge in [0.15, 0.2) is 0 Å². The van der Waals surface area contributed by atoms with Gasteiger partial charge in [-0.05, 0) is 0 Å². The van der Waals surface area contributed by atoms with Gasteiger partial charge in [-0.1, -0.05) is 12.1 Å². The molecule has 0 spiro atoms. The van der Waals surface area contributed by atoms with Crippen LogP contribution in [0.15, 0.2) is 84.9 Å². The zero-order valence-corrected chi connectivity index (χ0v) is 15.3. The molecule has 0 heterocycles. The first-order valence-electron chi connectivity index (χ1n) is 6.50.